The maximum absolute atomic E-state index is 11.6. The minimum absolute atomic E-state index is 0.119. The van der Waals surface area contributed by atoms with Crippen molar-refractivity contribution in [2.75, 3.05) is 40.2 Å². The molecule has 2 atom stereocenters. The Morgan fingerprint density at radius 1 is 1.03 bits per heavy atom. The number of hydrogen-bond donors (Lipinski definition) is 3. The van der Waals surface area contributed by atoms with Gasteiger partial charge in [0, 0.05) is 40.9 Å². The van der Waals surface area contributed by atoms with Crippen LogP contribution in [0.3, 0.4) is 0 Å². The highest BCUT2D eigenvalue weighted by atomic mass is 127. The van der Waals surface area contributed by atoms with Gasteiger partial charge in [0.2, 0.25) is 0 Å². The Hall–Kier alpha value is -2.45. The van der Waals surface area contributed by atoms with Crippen molar-refractivity contribution in [2.45, 2.75) is 51.7 Å². The first kappa shape index (κ1) is 26.6. The van der Waals surface area contributed by atoms with Gasteiger partial charge >= 0.3 is 0 Å². The molecule has 3 N–H and O–H groups in total. The number of anilines is 3. The molecule has 6 heteroatoms. The zero-order valence-corrected chi connectivity index (χ0v) is 23.7. The van der Waals surface area contributed by atoms with Crippen LogP contribution in [0.5, 0.6) is 0 Å². The van der Waals surface area contributed by atoms with Crippen LogP contribution in [-0.4, -0.2) is 35.8 Å². The molecule has 2 aliphatic rings. The first-order chi connectivity index (χ1) is 17.6. The van der Waals surface area contributed by atoms with Gasteiger partial charge in [0.15, 0.2) is 0 Å². The van der Waals surface area contributed by atoms with Crippen molar-refractivity contribution in [2.24, 2.45) is 0 Å². The molecule has 0 fully saturated rings. The van der Waals surface area contributed by atoms with Crippen molar-refractivity contribution in [3.63, 3.8) is 0 Å². The Balaban J connectivity index is 1.65. The summed E-state index contributed by atoms with van der Waals surface area (Å²) in [5.41, 5.74) is 7.95. The molecule has 0 aromatic heterocycles. The normalized spacial score (nSPS) is 18.2. The third-order valence-electron chi connectivity index (χ3n) is 7.22. The number of rotatable bonds is 10. The van der Waals surface area contributed by atoms with Crippen molar-refractivity contribution in [3.05, 3.63) is 88.8 Å². The van der Waals surface area contributed by atoms with Crippen molar-refractivity contribution < 1.29 is 9.84 Å². The van der Waals surface area contributed by atoms with E-state index in [1.54, 1.807) is 7.11 Å². The second-order valence-electron chi connectivity index (χ2n) is 9.30. The quantitative estimate of drug-likeness (QED) is 0.199. The summed E-state index contributed by atoms with van der Waals surface area (Å²) in [6.07, 6.45) is 7.13. The van der Waals surface area contributed by atoms with E-state index in [9.17, 15) is 5.11 Å². The summed E-state index contributed by atoms with van der Waals surface area (Å²) >= 11 is 2.40. The van der Waals surface area contributed by atoms with Crippen LogP contribution in [0, 0.1) is 0 Å². The highest BCUT2D eigenvalue weighted by Gasteiger charge is 2.30. The maximum atomic E-state index is 11.6. The molecule has 0 saturated carbocycles. The molecule has 0 bridgehead atoms. The van der Waals surface area contributed by atoms with Crippen molar-refractivity contribution in [1.82, 2.24) is 0 Å². The van der Waals surface area contributed by atoms with Crippen LogP contribution in [0.25, 0.3) is 0 Å². The molecule has 0 saturated heterocycles. The molecular weight excluding hydrogens is 561 g/mol. The van der Waals surface area contributed by atoms with Crippen molar-refractivity contribution >= 4 is 39.7 Å². The second kappa shape index (κ2) is 12.7. The Labute approximate surface area is 229 Å². The van der Waals surface area contributed by atoms with Gasteiger partial charge in [-0.05, 0) is 69.0 Å². The van der Waals surface area contributed by atoms with E-state index in [1.165, 1.54) is 11.3 Å². The van der Waals surface area contributed by atoms with Gasteiger partial charge in [0.1, 0.15) is 0 Å². The summed E-state index contributed by atoms with van der Waals surface area (Å²) in [6, 6.07) is 17.0. The zero-order valence-electron chi connectivity index (χ0n) is 21.6. The Bertz CT molecular complexity index is 1120. The van der Waals surface area contributed by atoms with E-state index in [4.69, 9.17) is 4.74 Å². The van der Waals surface area contributed by atoms with Crippen LogP contribution in [-0.2, 0) is 4.74 Å². The zero-order chi connectivity index (χ0) is 25.5. The standard InChI is InChI=1S/C30H38IN3O2/c1-4-34(5-2)23-15-13-22(14-16-23)30-29(27(20-31)32-25-8-6-7-9-26(25)33-30)28(35)19-12-21-10-17-24(36-3)18-11-21/h6-10,13-17,28,30,32-33,35H,4-5,11-12,18-20H2,1-3H3. The fourth-order valence-electron chi connectivity index (χ4n) is 5.11. The summed E-state index contributed by atoms with van der Waals surface area (Å²) in [5.74, 6) is 1.03. The second-order valence-corrected chi connectivity index (χ2v) is 10.1. The van der Waals surface area contributed by atoms with E-state index in [0.29, 0.717) is 6.42 Å². The number of nitrogens with zero attached hydrogens (tertiary/aromatic N) is 1. The fourth-order valence-corrected chi connectivity index (χ4v) is 5.74. The number of aliphatic hydroxyl groups excluding tert-OH is 1. The summed E-state index contributed by atoms with van der Waals surface area (Å²) in [6.45, 7) is 6.33. The van der Waals surface area contributed by atoms with E-state index in [2.05, 4.69) is 107 Å². The summed E-state index contributed by atoms with van der Waals surface area (Å²) < 4.78 is 6.16. The van der Waals surface area contributed by atoms with Crippen LogP contribution in [0.4, 0.5) is 17.1 Å². The summed E-state index contributed by atoms with van der Waals surface area (Å²) in [4.78, 5) is 2.35. The molecule has 1 aliphatic heterocycles. The van der Waals surface area contributed by atoms with Crippen LogP contribution >= 0.6 is 22.6 Å². The number of para-hydroxylation sites is 2. The van der Waals surface area contributed by atoms with E-state index < -0.39 is 6.10 Å². The number of ether oxygens (including phenoxy) is 1. The van der Waals surface area contributed by atoms with Crippen LogP contribution in [0.1, 0.15) is 51.1 Å². The van der Waals surface area contributed by atoms with Crippen molar-refractivity contribution in [3.8, 4) is 0 Å². The summed E-state index contributed by atoms with van der Waals surface area (Å²) in [7, 11) is 1.73. The molecule has 2 unspecified atom stereocenters. The van der Waals surface area contributed by atoms with E-state index in [-0.39, 0.29) is 6.04 Å². The SMILES string of the molecule is CCN(CC)c1ccc(C2Nc3ccccc3NC(CI)=C2C(O)CCC2=CC=C(OC)CC2)cc1. The van der Waals surface area contributed by atoms with Gasteiger partial charge < -0.3 is 25.4 Å². The molecule has 36 heavy (non-hydrogen) atoms. The lowest BCUT2D eigenvalue weighted by atomic mass is 9.89. The lowest BCUT2D eigenvalue weighted by molar-refractivity contribution is 0.193. The monoisotopic (exact) mass is 599 g/mol. The minimum atomic E-state index is -0.565. The van der Waals surface area contributed by atoms with Gasteiger partial charge in [-0.2, -0.15) is 0 Å². The first-order valence-corrected chi connectivity index (χ1v) is 14.5. The van der Waals surface area contributed by atoms with Gasteiger partial charge in [-0.25, -0.2) is 0 Å². The van der Waals surface area contributed by atoms with Gasteiger partial charge in [0.05, 0.1) is 36.4 Å². The van der Waals surface area contributed by atoms with Crippen LogP contribution < -0.4 is 15.5 Å². The molecule has 2 aromatic carbocycles. The smallest absolute Gasteiger partial charge is 0.0958 e. The molecule has 1 heterocycles. The van der Waals surface area contributed by atoms with E-state index in [1.807, 2.05) is 6.07 Å². The molecule has 192 valence electrons. The number of methoxy groups -OCH3 is 1. The molecule has 0 spiro atoms. The Morgan fingerprint density at radius 2 is 1.75 bits per heavy atom. The largest absolute Gasteiger partial charge is 0.501 e. The fraction of sp³-hybridized carbons (Fsp3) is 0.400. The first-order valence-electron chi connectivity index (χ1n) is 12.9. The van der Waals surface area contributed by atoms with Crippen LogP contribution in [0.2, 0.25) is 0 Å². The average molecular weight is 600 g/mol. The Morgan fingerprint density at radius 3 is 2.36 bits per heavy atom. The number of allylic oxidation sites excluding steroid dienone is 5. The molecule has 0 radical (unpaired) electrons. The van der Waals surface area contributed by atoms with Gasteiger partial charge in [-0.1, -0.05) is 58.5 Å². The summed E-state index contributed by atoms with van der Waals surface area (Å²) in [5, 5.41) is 19.0. The molecule has 5 nitrogen and oxygen atoms in total. The van der Waals surface area contributed by atoms with E-state index >= 15 is 0 Å². The lowest BCUT2D eigenvalue weighted by Gasteiger charge is -2.28. The number of hydrogen-bond acceptors (Lipinski definition) is 5. The number of aliphatic hydroxyl groups is 1. The predicted molar refractivity (Wildman–Crippen MR) is 160 cm³/mol. The third-order valence-corrected chi connectivity index (χ3v) is 7.98. The molecular formula is C30H38IN3O2. The highest BCUT2D eigenvalue weighted by Crippen LogP contribution is 2.40. The highest BCUT2D eigenvalue weighted by molar-refractivity contribution is 14.1. The minimum Gasteiger partial charge on any atom is -0.501 e. The number of alkyl halides is 1. The van der Waals surface area contributed by atoms with E-state index in [0.717, 1.165) is 70.7 Å². The molecule has 0 amide bonds. The number of halogens is 1. The maximum Gasteiger partial charge on any atom is 0.0958 e. The van der Waals surface area contributed by atoms with Gasteiger partial charge in [0.25, 0.3) is 0 Å². The topological polar surface area (TPSA) is 56.8 Å². The number of nitrogens with one attached hydrogen (secondary N) is 2. The van der Waals surface area contributed by atoms with Gasteiger partial charge in [-0.3, -0.25) is 0 Å². The number of fused-ring (bicyclic) bond motifs is 1. The molecule has 1 aliphatic carbocycles. The third kappa shape index (κ3) is 6.09. The number of benzene rings is 2. The van der Waals surface area contributed by atoms with Crippen molar-refractivity contribution in [1.29, 1.82) is 0 Å². The Kier molecular flexibility index (Phi) is 9.37. The predicted octanol–water partition coefficient (Wildman–Crippen LogP) is 7.19. The molecule has 4 rings (SSSR count). The average Bonchev–Trinajstić information content (AvgIpc) is 3.10. The van der Waals surface area contributed by atoms with Crippen LogP contribution in [0.15, 0.2) is 83.3 Å². The molecule has 2 aromatic rings. The lowest BCUT2D eigenvalue weighted by Crippen LogP contribution is -2.25. The van der Waals surface area contributed by atoms with Gasteiger partial charge in [-0.15, -0.1) is 0 Å².